The van der Waals surface area contributed by atoms with Crippen LogP contribution in [0.2, 0.25) is 0 Å². The van der Waals surface area contributed by atoms with Gasteiger partial charge in [-0.1, -0.05) is 6.07 Å². The van der Waals surface area contributed by atoms with Gasteiger partial charge in [0.05, 0.1) is 11.5 Å². The van der Waals surface area contributed by atoms with E-state index in [0.717, 1.165) is 5.56 Å². The molecule has 0 unspecified atom stereocenters. The third kappa shape index (κ3) is 3.68. The van der Waals surface area contributed by atoms with E-state index in [1.165, 1.54) is 6.07 Å². The van der Waals surface area contributed by atoms with Crippen LogP contribution >= 0.6 is 0 Å². The molecular weight excluding hydrogens is 234 g/mol. The molecule has 0 saturated heterocycles. The standard InChI is InChI=1S/C12H19N3O3/c1-9(2)14(5-6-16)8-10-3-4-11(13)12(7-10)15(17)18/h3-4,7,9,16H,5-6,8,13H2,1-2H3. The van der Waals surface area contributed by atoms with Gasteiger partial charge in [0.25, 0.3) is 5.69 Å². The second kappa shape index (κ2) is 6.32. The Bertz CT molecular complexity index is 421. The summed E-state index contributed by atoms with van der Waals surface area (Å²) in [6, 6.07) is 5.07. The lowest BCUT2D eigenvalue weighted by molar-refractivity contribution is -0.384. The minimum absolute atomic E-state index is 0.0647. The lowest BCUT2D eigenvalue weighted by atomic mass is 10.1. The molecule has 1 aromatic rings. The summed E-state index contributed by atoms with van der Waals surface area (Å²) >= 11 is 0. The van der Waals surface area contributed by atoms with Gasteiger partial charge in [-0.15, -0.1) is 0 Å². The zero-order chi connectivity index (χ0) is 13.7. The van der Waals surface area contributed by atoms with Crippen LogP contribution in [0.15, 0.2) is 18.2 Å². The maximum atomic E-state index is 10.8. The first-order valence-electron chi connectivity index (χ1n) is 5.83. The van der Waals surface area contributed by atoms with Crippen molar-refractivity contribution in [2.24, 2.45) is 0 Å². The van der Waals surface area contributed by atoms with Crippen molar-refractivity contribution in [1.82, 2.24) is 4.90 Å². The van der Waals surface area contributed by atoms with Gasteiger partial charge in [-0.05, 0) is 25.5 Å². The highest BCUT2D eigenvalue weighted by molar-refractivity contribution is 5.59. The molecule has 0 fully saturated rings. The van der Waals surface area contributed by atoms with Gasteiger partial charge in [-0.25, -0.2) is 0 Å². The van der Waals surface area contributed by atoms with E-state index in [9.17, 15) is 10.1 Å². The number of nitrogen functional groups attached to an aromatic ring is 1. The Labute approximate surface area is 106 Å². The smallest absolute Gasteiger partial charge is 0.292 e. The lowest BCUT2D eigenvalue weighted by Crippen LogP contribution is -2.32. The van der Waals surface area contributed by atoms with Gasteiger partial charge < -0.3 is 10.8 Å². The molecule has 0 atom stereocenters. The Hall–Kier alpha value is -1.66. The fraction of sp³-hybridized carbons (Fsp3) is 0.500. The van der Waals surface area contributed by atoms with Crippen molar-refractivity contribution in [2.45, 2.75) is 26.4 Å². The molecule has 0 radical (unpaired) electrons. The summed E-state index contributed by atoms with van der Waals surface area (Å²) < 4.78 is 0. The molecule has 100 valence electrons. The monoisotopic (exact) mass is 253 g/mol. The first kappa shape index (κ1) is 14.4. The summed E-state index contributed by atoms with van der Waals surface area (Å²) in [5, 5.41) is 19.8. The minimum Gasteiger partial charge on any atom is -0.395 e. The van der Waals surface area contributed by atoms with Crippen molar-refractivity contribution in [3.8, 4) is 0 Å². The fourth-order valence-electron chi connectivity index (χ4n) is 1.73. The number of hydrogen-bond acceptors (Lipinski definition) is 5. The van der Waals surface area contributed by atoms with Crippen LogP contribution in [0.3, 0.4) is 0 Å². The Morgan fingerprint density at radius 2 is 2.17 bits per heavy atom. The number of rotatable bonds is 6. The topological polar surface area (TPSA) is 92.6 Å². The second-order valence-electron chi connectivity index (χ2n) is 4.44. The average Bonchev–Trinajstić information content (AvgIpc) is 2.30. The van der Waals surface area contributed by atoms with E-state index in [0.29, 0.717) is 13.1 Å². The molecule has 3 N–H and O–H groups in total. The zero-order valence-electron chi connectivity index (χ0n) is 10.7. The molecule has 18 heavy (non-hydrogen) atoms. The zero-order valence-corrected chi connectivity index (χ0v) is 10.7. The Morgan fingerprint density at radius 1 is 1.50 bits per heavy atom. The Balaban J connectivity index is 2.89. The molecule has 0 aliphatic rings. The molecule has 0 aliphatic heterocycles. The van der Waals surface area contributed by atoms with E-state index in [2.05, 4.69) is 0 Å². The third-order valence-electron chi connectivity index (χ3n) is 2.79. The molecule has 6 nitrogen and oxygen atoms in total. The third-order valence-corrected chi connectivity index (χ3v) is 2.79. The molecule has 1 rings (SSSR count). The Morgan fingerprint density at radius 3 is 2.67 bits per heavy atom. The highest BCUT2D eigenvalue weighted by Crippen LogP contribution is 2.23. The maximum Gasteiger partial charge on any atom is 0.292 e. The average molecular weight is 253 g/mol. The molecule has 6 heteroatoms. The van der Waals surface area contributed by atoms with Gasteiger partial charge in [0.2, 0.25) is 0 Å². The van der Waals surface area contributed by atoms with Crippen molar-refractivity contribution < 1.29 is 10.0 Å². The van der Waals surface area contributed by atoms with Gasteiger partial charge >= 0.3 is 0 Å². The van der Waals surface area contributed by atoms with E-state index < -0.39 is 4.92 Å². The van der Waals surface area contributed by atoms with Crippen LogP contribution in [0, 0.1) is 10.1 Å². The van der Waals surface area contributed by atoms with Crippen LogP contribution in [0.4, 0.5) is 11.4 Å². The first-order chi connectivity index (χ1) is 8.45. The highest BCUT2D eigenvalue weighted by Gasteiger charge is 2.15. The van der Waals surface area contributed by atoms with Crippen molar-refractivity contribution in [3.63, 3.8) is 0 Å². The number of nitro benzene ring substituents is 1. The number of aliphatic hydroxyl groups excluding tert-OH is 1. The van der Waals surface area contributed by atoms with Crippen molar-refractivity contribution >= 4 is 11.4 Å². The quantitative estimate of drug-likeness (QED) is 0.454. The predicted octanol–water partition coefficient (Wildman–Crippen LogP) is 1.38. The SMILES string of the molecule is CC(C)N(CCO)Cc1ccc(N)c([N+](=O)[O-])c1. The summed E-state index contributed by atoms with van der Waals surface area (Å²) in [4.78, 5) is 12.3. The molecule has 0 amide bonds. The normalized spacial score (nSPS) is 11.2. The molecule has 1 aromatic carbocycles. The van der Waals surface area contributed by atoms with Gasteiger partial charge in [-0.3, -0.25) is 15.0 Å². The molecular formula is C12H19N3O3. The van der Waals surface area contributed by atoms with E-state index in [1.54, 1.807) is 12.1 Å². The van der Waals surface area contributed by atoms with E-state index >= 15 is 0 Å². The maximum absolute atomic E-state index is 10.8. The van der Waals surface area contributed by atoms with Crippen LogP contribution in [0.1, 0.15) is 19.4 Å². The minimum atomic E-state index is -0.482. The predicted molar refractivity (Wildman–Crippen MR) is 70.1 cm³/mol. The number of nitro groups is 1. The van der Waals surface area contributed by atoms with Gasteiger partial charge in [0, 0.05) is 25.2 Å². The summed E-state index contributed by atoms with van der Waals surface area (Å²) in [6.45, 7) is 5.19. The Kier molecular flexibility index (Phi) is 5.06. The van der Waals surface area contributed by atoms with Crippen LogP contribution in [0.25, 0.3) is 0 Å². The number of aliphatic hydroxyl groups is 1. The molecule has 0 bridgehead atoms. The van der Waals surface area contributed by atoms with Crippen LogP contribution in [0.5, 0.6) is 0 Å². The first-order valence-corrected chi connectivity index (χ1v) is 5.83. The summed E-state index contributed by atoms with van der Waals surface area (Å²) in [5.74, 6) is 0. The molecule has 0 aromatic heterocycles. The number of anilines is 1. The number of benzene rings is 1. The van der Waals surface area contributed by atoms with Gasteiger partial charge in [0.15, 0.2) is 0 Å². The fourth-order valence-corrected chi connectivity index (χ4v) is 1.73. The summed E-state index contributed by atoms with van der Waals surface area (Å²) in [6.07, 6.45) is 0. The lowest BCUT2D eigenvalue weighted by Gasteiger charge is -2.25. The number of hydrogen-bond donors (Lipinski definition) is 2. The largest absolute Gasteiger partial charge is 0.395 e. The molecule has 0 saturated carbocycles. The van der Waals surface area contributed by atoms with Gasteiger partial charge in [-0.2, -0.15) is 0 Å². The summed E-state index contributed by atoms with van der Waals surface area (Å²) in [5.41, 5.74) is 6.46. The van der Waals surface area contributed by atoms with E-state index in [4.69, 9.17) is 10.8 Å². The van der Waals surface area contributed by atoms with Crippen LogP contribution in [-0.4, -0.2) is 34.1 Å². The van der Waals surface area contributed by atoms with Crippen LogP contribution < -0.4 is 5.73 Å². The van der Waals surface area contributed by atoms with E-state index in [1.807, 2.05) is 18.7 Å². The van der Waals surface area contributed by atoms with Crippen molar-refractivity contribution in [2.75, 3.05) is 18.9 Å². The highest BCUT2D eigenvalue weighted by atomic mass is 16.6. The molecule has 0 aliphatic carbocycles. The van der Waals surface area contributed by atoms with E-state index in [-0.39, 0.29) is 24.0 Å². The number of nitrogens with zero attached hydrogens (tertiary/aromatic N) is 2. The second-order valence-corrected chi connectivity index (χ2v) is 4.44. The number of nitrogens with two attached hydrogens (primary N) is 1. The van der Waals surface area contributed by atoms with Crippen molar-refractivity contribution in [3.05, 3.63) is 33.9 Å². The van der Waals surface area contributed by atoms with Crippen molar-refractivity contribution in [1.29, 1.82) is 0 Å². The van der Waals surface area contributed by atoms with Gasteiger partial charge in [0.1, 0.15) is 5.69 Å². The molecule has 0 heterocycles. The van der Waals surface area contributed by atoms with Crippen LogP contribution in [-0.2, 0) is 6.54 Å². The summed E-state index contributed by atoms with van der Waals surface area (Å²) in [7, 11) is 0. The molecule has 0 spiro atoms.